The summed E-state index contributed by atoms with van der Waals surface area (Å²) in [7, 11) is -3.61. The number of piperazine rings is 1. The van der Waals surface area contributed by atoms with Gasteiger partial charge < -0.3 is 4.90 Å². The van der Waals surface area contributed by atoms with Gasteiger partial charge in [0, 0.05) is 5.56 Å². The van der Waals surface area contributed by atoms with E-state index in [1.54, 1.807) is 36.4 Å². The van der Waals surface area contributed by atoms with Crippen LogP contribution in [0.15, 0.2) is 47.4 Å². The molecule has 0 aromatic heterocycles. The molecule has 2 amide bonds. The van der Waals surface area contributed by atoms with Crippen LogP contribution in [0.3, 0.4) is 0 Å². The Balaban J connectivity index is 1.44. The van der Waals surface area contributed by atoms with Crippen molar-refractivity contribution in [3.8, 4) is 0 Å². The van der Waals surface area contributed by atoms with E-state index < -0.39 is 16.1 Å². The van der Waals surface area contributed by atoms with Gasteiger partial charge in [-0.05, 0) is 68.3 Å². The van der Waals surface area contributed by atoms with Gasteiger partial charge in [0.15, 0.2) is 11.8 Å². The summed E-state index contributed by atoms with van der Waals surface area (Å²) in [5, 5.41) is 0. The van der Waals surface area contributed by atoms with Crippen LogP contribution in [0.2, 0.25) is 0 Å². The van der Waals surface area contributed by atoms with E-state index in [0.717, 1.165) is 16.0 Å². The molecule has 2 aliphatic rings. The van der Waals surface area contributed by atoms with Crippen molar-refractivity contribution in [3.05, 3.63) is 59.2 Å². The average Bonchev–Trinajstić information content (AvgIpc) is 3.09. The number of Topliss-reactive ketones (excluding diaryl/α,β-unsaturated/α-hetero) is 1. The molecular weight excluding hydrogens is 442 g/mol. The number of carbonyl (C=O) groups excluding carboxylic acids is 3. The molecular formula is C24H28N3O5S+. The van der Waals surface area contributed by atoms with Crippen LogP contribution in [0, 0.1) is 13.8 Å². The molecule has 0 saturated carbocycles. The Morgan fingerprint density at radius 2 is 1.61 bits per heavy atom. The average molecular weight is 471 g/mol. The number of nitrogens with zero attached hydrogens (tertiary/aromatic N) is 2. The van der Waals surface area contributed by atoms with E-state index in [2.05, 4.69) is 0 Å². The molecule has 2 heterocycles. The van der Waals surface area contributed by atoms with Crippen molar-refractivity contribution in [2.45, 2.75) is 38.1 Å². The van der Waals surface area contributed by atoms with Crippen LogP contribution >= 0.6 is 0 Å². The molecule has 4 rings (SSSR count). The summed E-state index contributed by atoms with van der Waals surface area (Å²) < 4.78 is 27.6. The predicted octanol–water partition coefficient (Wildman–Crippen LogP) is 0.727. The monoisotopic (exact) mass is 470 g/mol. The highest BCUT2D eigenvalue weighted by molar-refractivity contribution is 7.89. The van der Waals surface area contributed by atoms with Crippen molar-refractivity contribution in [3.63, 3.8) is 0 Å². The van der Waals surface area contributed by atoms with Crippen LogP contribution in [0.25, 0.3) is 0 Å². The minimum Gasteiger partial charge on any atom is -0.322 e. The number of nitrogens with one attached hydrogen (secondary N) is 1. The number of quaternary nitrogens is 1. The van der Waals surface area contributed by atoms with Crippen molar-refractivity contribution < 1.29 is 27.7 Å². The first-order valence-electron chi connectivity index (χ1n) is 11.0. The van der Waals surface area contributed by atoms with Crippen molar-refractivity contribution >= 4 is 33.3 Å². The highest BCUT2D eigenvalue weighted by Gasteiger charge is 2.47. The molecule has 0 aliphatic carbocycles. The Labute approximate surface area is 193 Å². The maximum atomic E-state index is 13.1. The Bertz CT molecular complexity index is 1220. The number of imide groups is 1. The molecule has 1 N–H and O–H groups in total. The van der Waals surface area contributed by atoms with Crippen LogP contribution in [-0.4, -0.2) is 62.5 Å². The number of hydrogen-bond acceptors (Lipinski definition) is 5. The summed E-state index contributed by atoms with van der Waals surface area (Å²) in [5.41, 5.74) is 2.92. The van der Waals surface area contributed by atoms with E-state index >= 15 is 0 Å². The molecule has 8 nitrogen and oxygen atoms in total. The molecule has 33 heavy (non-hydrogen) atoms. The number of benzene rings is 2. The molecule has 9 heteroatoms. The fourth-order valence-electron chi connectivity index (χ4n) is 4.45. The second kappa shape index (κ2) is 8.81. The molecule has 0 unspecified atom stereocenters. The summed E-state index contributed by atoms with van der Waals surface area (Å²) in [6.07, 6.45) is 0.0898. The number of rotatable bonds is 5. The van der Waals surface area contributed by atoms with Crippen molar-refractivity contribution in [2.75, 3.05) is 31.1 Å². The van der Waals surface area contributed by atoms with Gasteiger partial charge in [0.1, 0.15) is 0 Å². The van der Waals surface area contributed by atoms with Crippen LogP contribution < -0.4 is 9.80 Å². The summed E-state index contributed by atoms with van der Waals surface area (Å²) in [6, 6.07) is 11.0. The van der Waals surface area contributed by atoms with Gasteiger partial charge in [0.2, 0.25) is 15.9 Å². The third-order valence-electron chi connectivity index (χ3n) is 6.65. The van der Waals surface area contributed by atoms with Gasteiger partial charge in [-0.3, -0.25) is 14.4 Å². The summed E-state index contributed by atoms with van der Waals surface area (Å²) in [5.74, 6) is -0.647. The minimum absolute atomic E-state index is 0.0865. The number of anilines is 1. The SMILES string of the molecule is CC(=O)c1ccc(N2C(=O)C[C@@H]([NH+]3CCN(S(=O)(=O)c4ccc(C)c(C)c4)CC3)C2=O)cc1. The quantitative estimate of drug-likeness (QED) is 0.513. The van der Waals surface area contributed by atoms with E-state index in [1.807, 2.05) is 19.9 Å². The normalized spacial score (nSPS) is 20.5. The standard InChI is InChI=1S/C24H27N3O5S/c1-16-4-9-21(14-17(16)2)33(31,32)26-12-10-25(11-13-26)22-15-23(29)27(24(22)30)20-7-5-19(6-8-20)18(3)28/h4-9,14,22H,10-13,15H2,1-3H3/p+1/t22-/m1/s1. The third-order valence-corrected chi connectivity index (χ3v) is 8.55. The lowest BCUT2D eigenvalue weighted by molar-refractivity contribution is -0.918. The van der Waals surface area contributed by atoms with Crippen LogP contribution in [-0.2, 0) is 19.6 Å². The number of amides is 2. The zero-order valence-corrected chi connectivity index (χ0v) is 19.8. The first-order chi connectivity index (χ1) is 15.6. The predicted molar refractivity (Wildman–Crippen MR) is 123 cm³/mol. The second-order valence-corrected chi connectivity index (χ2v) is 10.7. The Hall–Kier alpha value is -2.88. The fraction of sp³-hybridized carbons (Fsp3) is 0.375. The van der Waals surface area contributed by atoms with E-state index in [0.29, 0.717) is 24.3 Å². The highest BCUT2D eigenvalue weighted by atomic mass is 32.2. The van der Waals surface area contributed by atoms with Gasteiger partial charge in [-0.25, -0.2) is 13.3 Å². The lowest BCUT2D eigenvalue weighted by Crippen LogP contribution is -3.19. The summed E-state index contributed by atoms with van der Waals surface area (Å²) in [4.78, 5) is 39.6. The van der Waals surface area contributed by atoms with Gasteiger partial charge in [0.05, 0.1) is 43.2 Å². The number of aryl methyl sites for hydroxylation is 2. The maximum Gasteiger partial charge on any atom is 0.292 e. The molecule has 2 aromatic carbocycles. The molecule has 2 saturated heterocycles. The first kappa shape index (κ1) is 23.3. The van der Waals surface area contributed by atoms with Crippen LogP contribution in [0.4, 0.5) is 5.69 Å². The molecule has 0 radical (unpaired) electrons. The van der Waals surface area contributed by atoms with Gasteiger partial charge in [-0.15, -0.1) is 0 Å². The lowest BCUT2D eigenvalue weighted by atomic mass is 10.1. The summed E-state index contributed by atoms with van der Waals surface area (Å²) >= 11 is 0. The molecule has 2 aromatic rings. The Morgan fingerprint density at radius 3 is 2.18 bits per heavy atom. The highest BCUT2D eigenvalue weighted by Crippen LogP contribution is 2.23. The van der Waals surface area contributed by atoms with E-state index in [4.69, 9.17) is 0 Å². The molecule has 2 aliphatic heterocycles. The second-order valence-electron chi connectivity index (χ2n) is 8.74. The van der Waals surface area contributed by atoms with E-state index in [9.17, 15) is 22.8 Å². The number of carbonyl (C=O) groups is 3. The first-order valence-corrected chi connectivity index (χ1v) is 12.4. The largest absolute Gasteiger partial charge is 0.322 e. The minimum atomic E-state index is -3.61. The number of hydrogen-bond donors (Lipinski definition) is 1. The topological polar surface area (TPSA) is 96.3 Å². The van der Waals surface area contributed by atoms with Gasteiger partial charge in [0.25, 0.3) is 5.91 Å². The lowest BCUT2D eigenvalue weighted by Gasteiger charge is -2.33. The Kier molecular flexibility index (Phi) is 6.22. The Morgan fingerprint density at radius 1 is 0.970 bits per heavy atom. The number of ketones is 1. The van der Waals surface area contributed by atoms with E-state index in [1.165, 1.54) is 16.1 Å². The third kappa shape index (κ3) is 4.36. The van der Waals surface area contributed by atoms with Crippen molar-refractivity contribution in [1.29, 1.82) is 0 Å². The van der Waals surface area contributed by atoms with Crippen molar-refractivity contribution in [1.82, 2.24) is 4.31 Å². The van der Waals surface area contributed by atoms with Crippen molar-refractivity contribution in [2.24, 2.45) is 0 Å². The molecule has 2 fully saturated rings. The summed E-state index contributed by atoms with van der Waals surface area (Å²) in [6.45, 7) is 6.76. The molecule has 1 atom stereocenters. The van der Waals surface area contributed by atoms with Crippen LogP contribution in [0.1, 0.15) is 34.8 Å². The van der Waals surface area contributed by atoms with Gasteiger partial charge in [-0.1, -0.05) is 6.07 Å². The molecule has 0 bridgehead atoms. The van der Waals surface area contributed by atoms with E-state index in [-0.39, 0.29) is 42.0 Å². The van der Waals surface area contributed by atoms with Gasteiger partial charge >= 0.3 is 0 Å². The number of sulfonamides is 1. The molecule has 174 valence electrons. The molecule has 0 spiro atoms. The maximum absolute atomic E-state index is 13.1. The van der Waals surface area contributed by atoms with Crippen LogP contribution in [0.5, 0.6) is 0 Å². The fourth-order valence-corrected chi connectivity index (χ4v) is 5.98. The zero-order chi connectivity index (χ0) is 23.9. The van der Waals surface area contributed by atoms with Gasteiger partial charge in [-0.2, -0.15) is 4.31 Å². The smallest absolute Gasteiger partial charge is 0.292 e. The zero-order valence-electron chi connectivity index (χ0n) is 19.0.